The summed E-state index contributed by atoms with van der Waals surface area (Å²) in [5, 5.41) is 19.9. The van der Waals surface area contributed by atoms with E-state index < -0.39 is 11.7 Å². The molecule has 0 radical (unpaired) electrons. The Morgan fingerprint density at radius 2 is 1.96 bits per heavy atom. The third-order valence-electron chi connectivity index (χ3n) is 4.74. The zero-order valence-corrected chi connectivity index (χ0v) is 14.6. The van der Waals surface area contributed by atoms with Crippen LogP contribution in [0.25, 0.3) is 0 Å². The van der Waals surface area contributed by atoms with E-state index in [1.54, 1.807) is 49.4 Å². The quantitative estimate of drug-likeness (QED) is 0.879. The van der Waals surface area contributed by atoms with E-state index in [4.69, 9.17) is 4.74 Å². The summed E-state index contributed by atoms with van der Waals surface area (Å²) >= 11 is 0. The first-order chi connectivity index (χ1) is 12.4. The average Bonchev–Trinajstić information content (AvgIpc) is 2.63. The van der Waals surface area contributed by atoms with Gasteiger partial charge in [-0.25, -0.2) is 4.39 Å². The van der Waals surface area contributed by atoms with Gasteiger partial charge in [0.25, 0.3) is 5.91 Å². The third kappa shape index (κ3) is 4.03. The summed E-state index contributed by atoms with van der Waals surface area (Å²) in [6.07, 6.45) is -0.646. The molecule has 3 rings (SSSR count). The van der Waals surface area contributed by atoms with Gasteiger partial charge in [-0.1, -0.05) is 18.2 Å². The summed E-state index contributed by atoms with van der Waals surface area (Å²) in [6.45, 7) is 2.15. The summed E-state index contributed by atoms with van der Waals surface area (Å²) < 4.78 is 19.1. The molecule has 5 nitrogen and oxygen atoms in total. The number of aliphatic hydroxyl groups excluding tert-OH is 1. The number of likely N-dealkylation sites (tertiary alicyclic amines) is 1. The second kappa shape index (κ2) is 7.43. The molecule has 1 aliphatic heterocycles. The SMILES string of the molecule is C[C@@]1(O)CCN(C(=O)c2ccc(OCc3ccccc3F)cc2)C[C@@H]1O. The van der Waals surface area contributed by atoms with E-state index in [0.29, 0.717) is 29.8 Å². The highest BCUT2D eigenvalue weighted by Crippen LogP contribution is 2.24. The van der Waals surface area contributed by atoms with Crippen LogP contribution in [-0.4, -0.2) is 45.8 Å². The Morgan fingerprint density at radius 1 is 1.27 bits per heavy atom. The van der Waals surface area contributed by atoms with Crippen molar-refractivity contribution >= 4 is 5.91 Å². The van der Waals surface area contributed by atoms with Crippen LogP contribution in [0.3, 0.4) is 0 Å². The van der Waals surface area contributed by atoms with Gasteiger partial charge in [0.05, 0.1) is 11.7 Å². The lowest BCUT2D eigenvalue weighted by atomic mass is 9.90. The van der Waals surface area contributed by atoms with Crippen LogP contribution in [0.4, 0.5) is 4.39 Å². The van der Waals surface area contributed by atoms with Gasteiger partial charge in [-0.2, -0.15) is 0 Å². The molecule has 1 amide bonds. The second-order valence-corrected chi connectivity index (χ2v) is 6.78. The van der Waals surface area contributed by atoms with E-state index in [9.17, 15) is 19.4 Å². The molecule has 6 heteroatoms. The predicted octanol–water partition coefficient (Wildman–Crippen LogP) is 2.36. The second-order valence-electron chi connectivity index (χ2n) is 6.78. The maximum atomic E-state index is 13.6. The molecule has 138 valence electrons. The van der Waals surface area contributed by atoms with Crippen molar-refractivity contribution in [3.8, 4) is 5.75 Å². The fourth-order valence-electron chi connectivity index (χ4n) is 2.86. The van der Waals surface area contributed by atoms with E-state index in [-0.39, 0.29) is 24.9 Å². The Kier molecular flexibility index (Phi) is 5.25. The van der Waals surface area contributed by atoms with Gasteiger partial charge in [-0.3, -0.25) is 4.79 Å². The van der Waals surface area contributed by atoms with Crippen LogP contribution < -0.4 is 4.74 Å². The summed E-state index contributed by atoms with van der Waals surface area (Å²) in [5.41, 5.74) is -0.236. The molecule has 1 heterocycles. The number of benzene rings is 2. The minimum absolute atomic E-state index is 0.0946. The topological polar surface area (TPSA) is 70.0 Å². The normalized spacial score (nSPS) is 22.9. The summed E-state index contributed by atoms with van der Waals surface area (Å²) in [7, 11) is 0. The number of halogens is 1. The van der Waals surface area contributed by atoms with Crippen molar-refractivity contribution in [2.75, 3.05) is 13.1 Å². The third-order valence-corrected chi connectivity index (χ3v) is 4.74. The highest BCUT2D eigenvalue weighted by molar-refractivity contribution is 5.94. The van der Waals surface area contributed by atoms with Crippen molar-refractivity contribution in [2.24, 2.45) is 0 Å². The van der Waals surface area contributed by atoms with Crippen LogP contribution in [0, 0.1) is 5.82 Å². The molecule has 1 saturated heterocycles. The van der Waals surface area contributed by atoms with Crippen molar-refractivity contribution in [3.05, 3.63) is 65.5 Å². The molecule has 0 saturated carbocycles. The van der Waals surface area contributed by atoms with Crippen LogP contribution in [-0.2, 0) is 6.61 Å². The zero-order valence-electron chi connectivity index (χ0n) is 14.6. The molecule has 1 fully saturated rings. The van der Waals surface area contributed by atoms with Crippen molar-refractivity contribution in [1.29, 1.82) is 0 Å². The van der Waals surface area contributed by atoms with Gasteiger partial charge in [0, 0.05) is 24.2 Å². The lowest BCUT2D eigenvalue weighted by Gasteiger charge is -2.39. The van der Waals surface area contributed by atoms with Crippen molar-refractivity contribution in [2.45, 2.75) is 31.7 Å². The zero-order chi connectivity index (χ0) is 18.7. The number of piperidine rings is 1. The number of carbonyl (C=O) groups is 1. The lowest BCUT2D eigenvalue weighted by molar-refractivity contribution is -0.0999. The number of amides is 1. The van der Waals surface area contributed by atoms with E-state index >= 15 is 0 Å². The van der Waals surface area contributed by atoms with Crippen LogP contribution in [0.15, 0.2) is 48.5 Å². The Hall–Kier alpha value is -2.44. The van der Waals surface area contributed by atoms with Gasteiger partial charge >= 0.3 is 0 Å². The number of rotatable bonds is 4. The van der Waals surface area contributed by atoms with E-state index in [2.05, 4.69) is 0 Å². The van der Waals surface area contributed by atoms with Crippen LogP contribution in [0.1, 0.15) is 29.3 Å². The Bertz CT molecular complexity index is 776. The van der Waals surface area contributed by atoms with E-state index in [1.807, 2.05) is 0 Å². The Balaban J connectivity index is 1.61. The van der Waals surface area contributed by atoms with Crippen LogP contribution in [0.5, 0.6) is 5.75 Å². The standard InChI is InChI=1S/C20H22FNO4/c1-20(25)10-11-22(12-18(20)23)19(24)14-6-8-16(9-7-14)26-13-15-4-2-3-5-17(15)21/h2-9,18,23,25H,10-13H2,1H3/t18-,20+/m0/s1. The Morgan fingerprint density at radius 3 is 2.62 bits per heavy atom. The van der Waals surface area contributed by atoms with E-state index in [1.165, 1.54) is 11.0 Å². The first kappa shape index (κ1) is 18.4. The number of nitrogens with zero attached hydrogens (tertiary/aromatic N) is 1. The largest absolute Gasteiger partial charge is 0.489 e. The molecular formula is C20H22FNO4. The van der Waals surface area contributed by atoms with Crippen LogP contribution >= 0.6 is 0 Å². The highest BCUT2D eigenvalue weighted by atomic mass is 19.1. The molecule has 1 aliphatic rings. The minimum Gasteiger partial charge on any atom is -0.489 e. The molecule has 2 aromatic carbocycles. The summed E-state index contributed by atoms with van der Waals surface area (Å²) in [5.74, 6) is 0.00505. The van der Waals surface area contributed by atoms with Gasteiger partial charge < -0.3 is 19.8 Å². The summed E-state index contributed by atoms with van der Waals surface area (Å²) in [6, 6.07) is 13.0. The number of carbonyl (C=O) groups excluding carboxylic acids is 1. The maximum Gasteiger partial charge on any atom is 0.253 e. The predicted molar refractivity (Wildman–Crippen MR) is 94.3 cm³/mol. The summed E-state index contributed by atoms with van der Waals surface area (Å²) in [4.78, 5) is 14.1. The number of β-amino-alcohol motifs (C(OH)–C–C–N with tert-alkyl or cyclic N) is 1. The van der Waals surface area contributed by atoms with Gasteiger partial charge in [-0.05, 0) is 43.7 Å². The van der Waals surface area contributed by atoms with Gasteiger partial charge in [-0.15, -0.1) is 0 Å². The molecule has 0 aliphatic carbocycles. The fraction of sp³-hybridized carbons (Fsp3) is 0.350. The van der Waals surface area contributed by atoms with Gasteiger partial charge in [0.2, 0.25) is 0 Å². The molecular weight excluding hydrogens is 337 g/mol. The highest BCUT2D eigenvalue weighted by Gasteiger charge is 2.38. The van der Waals surface area contributed by atoms with Gasteiger partial charge in [0.1, 0.15) is 18.2 Å². The molecule has 0 aromatic heterocycles. The minimum atomic E-state index is -1.17. The fourth-order valence-corrected chi connectivity index (χ4v) is 2.86. The molecule has 2 aromatic rings. The van der Waals surface area contributed by atoms with Crippen molar-refractivity contribution < 1.29 is 24.1 Å². The van der Waals surface area contributed by atoms with Crippen molar-refractivity contribution in [1.82, 2.24) is 4.90 Å². The first-order valence-electron chi connectivity index (χ1n) is 8.53. The Labute approximate surface area is 151 Å². The number of hydrogen-bond donors (Lipinski definition) is 2. The molecule has 2 atom stereocenters. The molecule has 2 N–H and O–H groups in total. The van der Waals surface area contributed by atoms with Gasteiger partial charge in [0.15, 0.2) is 0 Å². The molecule has 0 unspecified atom stereocenters. The smallest absolute Gasteiger partial charge is 0.253 e. The number of ether oxygens (including phenoxy) is 1. The monoisotopic (exact) mass is 359 g/mol. The average molecular weight is 359 g/mol. The van der Waals surface area contributed by atoms with E-state index in [0.717, 1.165) is 0 Å². The molecule has 26 heavy (non-hydrogen) atoms. The van der Waals surface area contributed by atoms with Crippen molar-refractivity contribution in [3.63, 3.8) is 0 Å². The first-order valence-corrected chi connectivity index (χ1v) is 8.53. The van der Waals surface area contributed by atoms with Crippen LogP contribution in [0.2, 0.25) is 0 Å². The number of aliphatic hydroxyl groups is 2. The lowest BCUT2D eigenvalue weighted by Crippen LogP contribution is -2.55. The molecule has 0 bridgehead atoms. The number of hydrogen-bond acceptors (Lipinski definition) is 4. The maximum absolute atomic E-state index is 13.6. The molecule has 0 spiro atoms.